The quantitative estimate of drug-likeness (QED) is 0.461. The molecule has 1 unspecified atom stereocenters. The molecule has 1 aliphatic heterocycles. The van der Waals surface area contributed by atoms with Gasteiger partial charge in [0.25, 0.3) is 5.91 Å². The Labute approximate surface area is 199 Å². The second kappa shape index (κ2) is 10.9. The van der Waals surface area contributed by atoms with E-state index in [1.807, 2.05) is 72.8 Å². The Morgan fingerprint density at radius 3 is 2.32 bits per heavy atom. The van der Waals surface area contributed by atoms with E-state index >= 15 is 0 Å². The molecule has 0 spiro atoms. The van der Waals surface area contributed by atoms with Gasteiger partial charge in [0, 0.05) is 6.54 Å². The number of hydrogen-bond acceptors (Lipinski definition) is 5. The van der Waals surface area contributed by atoms with E-state index < -0.39 is 12.1 Å². The van der Waals surface area contributed by atoms with Crippen LogP contribution >= 0.6 is 0 Å². The Bertz CT molecular complexity index is 1120. The van der Waals surface area contributed by atoms with E-state index in [1.54, 1.807) is 13.2 Å². The van der Waals surface area contributed by atoms with E-state index in [1.165, 1.54) is 17.1 Å². The molecule has 3 aromatic carbocycles. The smallest absolute Gasteiger partial charge is 0.410 e. The number of carbonyl (C=O) groups is 2. The number of anilines is 1. The number of hydrogen-bond donors (Lipinski definition) is 0. The SMILES string of the molecule is COc1cc(-c2ccccc2)ccc1N(OC)C(=O)C1CCCN1C(=O)OCc1ccccc1. The molecule has 0 aromatic heterocycles. The van der Waals surface area contributed by atoms with Crippen LogP contribution < -0.4 is 9.80 Å². The van der Waals surface area contributed by atoms with Crippen molar-refractivity contribution in [3.63, 3.8) is 0 Å². The number of methoxy groups -OCH3 is 1. The summed E-state index contributed by atoms with van der Waals surface area (Å²) in [6.45, 7) is 0.603. The average molecular weight is 461 g/mol. The highest BCUT2D eigenvalue weighted by Gasteiger charge is 2.39. The maximum atomic E-state index is 13.5. The number of ether oxygens (including phenoxy) is 2. The van der Waals surface area contributed by atoms with Crippen molar-refractivity contribution in [3.05, 3.63) is 84.4 Å². The summed E-state index contributed by atoms with van der Waals surface area (Å²) in [7, 11) is 2.98. The minimum atomic E-state index is -0.679. The minimum Gasteiger partial charge on any atom is -0.494 e. The third-order valence-corrected chi connectivity index (χ3v) is 5.87. The first-order chi connectivity index (χ1) is 16.6. The molecule has 0 bridgehead atoms. The van der Waals surface area contributed by atoms with Crippen molar-refractivity contribution < 1.29 is 23.9 Å². The van der Waals surface area contributed by atoms with Crippen LogP contribution in [0.5, 0.6) is 5.75 Å². The molecule has 7 heteroatoms. The van der Waals surface area contributed by atoms with Crippen molar-refractivity contribution in [2.45, 2.75) is 25.5 Å². The van der Waals surface area contributed by atoms with Gasteiger partial charge in [0.05, 0.1) is 14.2 Å². The Kier molecular flexibility index (Phi) is 7.44. The maximum absolute atomic E-state index is 13.5. The van der Waals surface area contributed by atoms with Crippen LogP contribution in [0.1, 0.15) is 18.4 Å². The van der Waals surface area contributed by atoms with Crippen LogP contribution in [-0.2, 0) is 21.0 Å². The van der Waals surface area contributed by atoms with Crippen LogP contribution in [0.4, 0.5) is 10.5 Å². The Morgan fingerprint density at radius 2 is 1.65 bits per heavy atom. The molecular formula is C27H28N2O5. The number of nitrogens with zero attached hydrogens (tertiary/aromatic N) is 2. The van der Waals surface area contributed by atoms with E-state index in [4.69, 9.17) is 14.3 Å². The fourth-order valence-corrected chi connectivity index (χ4v) is 4.14. The van der Waals surface area contributed by atoms with Crippen LogP contribution in [-0.4, -0.2) is 43.7 Å². The number of hydroxylamine groups is 1. The molecule has 34 heavy (non-hydrogen) atoms. The maximum Gasteiger partial charge on any atom is 0.410 e. The van der Waals surface area contributed by atoms with Crippen LogP contribution in [0.25, 0.3) is 11.1 Å². The second-order valence-electron chi connectivity index (χ2n) is 7.96. The number of likely N-dealkylation sites (tertiary alicyclic amines) is 1. The summed E-state index contributed by atoms with van der Waals surface area (Å²) in [4.78, 5) is 33.2. The predicted molar refractivity (Wildman–Crippen MR) is 129 cm³/mol. The standard InChI is InChI=1S/C27H28N2O5/c1-32-25-18-22(21-12-7-4-8-13-21)15-16-23(25)29(33-2)26(30)24-14-9-17-28(24)27(31)34-19-20-10-5-3-6-11-20/h3-8,10-13,15-16,18,24H,9,14,17,19H2,1-2H3. The highest BCUT2D eigenvalue weighted by molar-refractivity contribution is 5.98. The summed E-state index contributed by atoms with van der Waals surface area (Å²) >= 11 is 0. The van der Waals surface area contributed by atoms with Crippen molar-refractivity contribution in [2.75, 3.05) is 25.8 Å². The van der Waals surface area contributed by atoms with E-state index in [0.717, 1.165) is 16.7 Å². The van der Waals surface area contributed by atoms with Gasteiger partial charge in [-0.1, -0.05) is 66.7 Å². The Hall–Kier alpha value is -3.84. The minimum absolute atomic E-state index is 0.153. The van der Waals surface area contributed by atoms with E-state index in [-0.39, 0.29) is 12.5 Å². The zero-order valence-corrected chi connectivity index (χ0v) is 19.3. The molecule has 3 aromatic rings. The first kappa shape index (κ1) is 23.3. The van der Waals surface area contributed by atoms with Gasteiger partial charge in [-0.2, -0.15) is 5.06 Å². The van der Waals surface area contributed by atoms with E-state index in [9.17, 15) is 9.59 Å². The normalized spacial score (nSPS) is 15.1. The number of rotatable bonds is 7. The molecule has 1 aliphatic rings. The van der Waals surface area contributed by atoms with Gasteiger partial charge in [-0.3, -0.25) is 14.5 Å². The van der Waals surface area contributed by atoms with Gasteiger partial charge >= 0.3 is 6.09 Å². The van der Waals surface area contributed by atoms with Crippen LogP contribution in [0.15, 0.2) is 78.9 Å². The summed E-state index contributed by atoms with van der Waals surface area (Å²) in [5.41, 5.74) is 3.35. The molecule has 1 fully saturated rings. The molecule has 4 rings (SSSR count). The van der Waals surface area contributed by atoms with Gasteiger partial charge in [0.1, 0.15) is 24.1 Å². The second-order valence-corrected chi connectivity index (χ2v) is 7.96. The molecule has 2 amide bonds. The molecule has 0 N–H and O–H groups in total. The molecule has 0 saturated carbocycles. The van der Waals surface area contributed by atoms with E-state index in [2.05, 4.69) is 0 Å². The van der Waals surface area contributed by atoms with Gasteiger partial charge in [0.2, 0.25) is 0 Å². The fraction of sp³-hybridized carbons (Fsp3) is 0.259. The average Bonchev–Trinajstić information content (AvgIpc) is 3.39. The molecular weight excluding hydrogens is 432 g/mol. The first-order valence-corrected chi connectivity index (χ1v) is 11.2. The fourth-order valence-electron chi connectivity index (χ4n) is 4.14. The zero-order valence-electron chi connectivity index (χ0n) is 19.3. The monoisotopic (exact) mass is 460 g/mol. The Balaban J connectivity index is 1.51. The first-order valence-electron chi connectivity index (χ1n) is 11.2. The van der Waals surface area contributed by atoms with Gasteiger partial charge in [-0.25, -0.2) is 4.79 Å². The van der Waals surface area contributed by atoms with E-state index in [0.29, 0.717) is 30.8 Å². The molecule has 1 atom stereocenters. The summed E-state index contributed by atoms with van der Waals surface area (Å²) in [6.07, 6.45) is 0.726. The number of carbonyl (C=O) groups excluding carboxylic acids is 2. The lowest BCUT2D eigenvalue weighted by atomic mass is 10.0. The largest absolute Gasteiger partial charge is 0.494 e. The Morgan fingerprint density at radius 1 is 0.941 bits per heavy atom. The van der Waals surface area contributed by atoms with Crippen molar-refractivity contribution in [2.24, 2.45) is 0 Å². The molecule has 0 aliphatic carbocycles. The summed E-state index contributed by atoms with van der Waals surface area (Å²) in [5, 5.41) is 1.20. The molecule has 1 saturated heterocycles. The van der Waals surface area contributed by atoms with Crippen molar-refractivity contribution in [3.8, 4) is 16.9 Å². The third-order valence-electron chi connectivity index (χ3n) is 5.87. The zero-order chi connectivity index (χ0) is 23.9. The molecule has 176 valence electrons. The van der Waals surface area contributed by atoms with Crippen LogP contribution in [0, 0.1) is 0 Å². The molecule has 0 radical (unpaired) electrons. The number of amides is 2. The van der Waals surface area contributed by atoms with Crippen molar-refractivity contribution >= 4 is 17.7 Å². The highest BCUT2D eigenvalue weighted by atomic mass is 16.7. The third kappa shape index (κ3) is 5.05. The topological polar surface area (TPSA) is 68.3 Å². The number of benzene rings is 3. The van der Waals surface area contributed by atoms with Gasteiger partial charge in [0.15, 0.2) is 0 Å². The van der Waals surface area contributed by atoms with Crippen LogP contribution in [0.3, 0.4) is 0 Å². The van der Waals surface area contributed by atoms with Gasteiger partial charge in [-0.05, 0) is 41.7 Å². The molecule has 1 heterocycles. The molecule has 7 nitrogen and oxygen atoms in total. The van der Waals surface area contributed by atoms with Gasteiger partial charge < -0.3 is 9.47 Å². The van der Waals surface area contributed by atoms with Crippen LogP contribution in [0.2, 0.25) is 0 Å². The summed E-state index contributed by atoms with van der Waals surface area (Å²) < 4.78 is 11.1. The predicted octanol–water partition coefficient (Wildman–Crippen LogP) is 5.06. The highest BCUT2D eigenvalue weighted by Crippen LogP contribution is 2.35. The lowest BCUT2D eigenvalue weighted by Crippen LogP contribution is -2.47. The van der Waals surface area contributed by atoms with Gasteiger partial charge in [-0.15, -0.1) is 0 Å². The summed E-state index contributed by atoms with van der Waals surface area (Å²) in [6, 6.07) is 24.2. The van der Waals surface area contributed by atoms with Crippen molar-refractivity contribution in [1.82, 2.24) is 4.90 Å². The lowest BCUT2D eigenvalue weighted by molar-refractivity contribution is -0.129. The lowest BCUT2D eigenvalue weighted by Gasteiger charge is -2.29. The van der Waals surface area contributed by atoms with Crippen molar-refractivity contribution in [1.29, 1.82) is 0 Å². The summed E-state index contributed by atoms with van der Waals surface area (Å²) in [5.74, 6) is 0.148.